The van der Waals surface area contributed by atoms with Gasteiger partial charge in [-0.3, -0.25) is 5.43 Å². The standard InChI is InChI=1S/C15H12N4/c1-19-8-4-7-12-13-14(18-17-9-16-13)10-5-2-3-6-11(10)15(12)19/h2-9,18H,1H3. The molecule has 4 rings (SSSR count). The van der Waals surface area contributed by atoms with E-state index in [1.807, 2.05) is 12.1 Å². The molecule has 0 saturated heterocycles. The van der Waals surface area contributed by atoms with Gasteiger partial charge in [-0.05, 0) is 12.2 Å². The zero-order chi connectivity index (χ0) is 12.8. The monoisotopic (exact) mass is 248 g/mol. The number of nitrogens with zero attached hydrogens (tertiary/aromatic N) is 3. The predicted molar refractivity (Wildman–Crippen MR) is 78.9 cm³/mol. The first-order valence-electron chi connectivity index (χ1n) is 6.18. The number of benzene rings is 2. The molecule has 92 valence electrons. The Hall–Kier alpha value is -2.62. The van der Waals surface area contributed by atoms with E-state index in [1.54, 1.807) is 6.34 Å². The minimum absolute atomic E-state index is 0.958. The van der Waals surface area contributed by atoms with Crippen molar-refractivity contribution < 1.29 is 0 Å². The minimum Gasteiger partial charge on any atom is -0.350 e. The van der Waals surface area contributed by atoms with Crippen LogP contribution in [0.15, 0.2) is 46.6 Å². The smallest absolute Gasteiger partial charge is 0.136 e. The van der Waals surface area contributed by atoms with E-state index in [4.69, 9.17) is 0 Å². The van der Waals surface area contributed by atoms with Gasteiger partial charge in [0.15, 0.2) is 0 Å². The molecular weight excluding hydrogens is 236 g/mol. The third-order valence-electron chi connectivity index (χ3n) is 3.54. The number of hydrogen-bond donors (Lipinski definition) is 1. The first-order valence-corrected chi connectivity index (χ1v) is 6.18. The molecule has 0 fully saturated rings. The number of allylic oxidation sites excluding steroid dienone is 1. The third-order valence-corrected chi connectivity index (χ3v) is 3.54. The van der Waals surface area contributed by atoms with Crippen molar-refractivity contribution in [2.24, 2.45) is 10.1 Å². The van der Waals surface area contributed by atoms with Crippen molar-refractivity contribution >= 4 is 34.6 Å². The highest BCUT2D eigenvalue weighted by atomic mass is 15.3. The molecule has 4 nitrogen and oxygen atoms in total. The molecular formula is C15H12N4. The topological polar surface area (TPSA) is 40.0 Å². The van der Waals surface area contributed by atoms with Crippen LogP contribution in [0.4, 0.5) is 11.4 Å². The average Bonchev–Trinajstić information content (AvgIpc) is 2.47. The fourth-order valence-corrected chi connectivity index (χ4v) is 2.74. The second-order valence-electron chi connectivity index (χ2n) is 4.64. The van der Waals surface area contributed by atoms with Crippen LogP contribution in [-0.2, 0) is 0 Å². The summed E-state index contributed by atoms with van der Waals surface area (Å²) in [6, 6.07) is 8.34. The highest BCUT2D eigenvalue weighted by Gasteiger charge is 2.16. The lowest BCUT2D eigenvalue weighted by atomic mass is 10.0. The maximum Gasteiger partial charge on any atom is 0.136 e. The largest absolute Gasteiger partial charge is 0.350 e. The Morgan fingerprint density at radius 1 is 1.16 bits per heavy atom. The van der Waals surface area contributed by atoms with Gasteiger partial charge in [-0.15, -0.1) is 0 Å². The normalized spacial score (nSPS) is 15.3. The summed E-state index contributed by atoms with van der Waals surface area (Å²) in [5.41, 5.74) is 5.26. The summed E-state index contributed by atoms with van der Waals surface area (Å²) in [6.45, 7) is 0. The Morgan fingerprint density at radius 3 is 2.89 bits per heavy atom. The molecule has 4 heteroatoms. The molecule has 0 spiro atoms. The second-order valence-corrected chi connectivity index (χ2v) is 4.64. The van der Waals surface area contributed by atoms with E-state index in [0.717, 1.165) is 21.6 Å². The van der Waals surface area contributed by atoms with Gasteiger partial charge in [0.25, 0.3) is 0 Å². The van der Waals surface area contributed by atoms with Gasteiger partial charge in [-0.2, -0.15) is 5.10 Å². The Kier molecular flexibility index (Phi) is 2.00. The predicted octanol–water partition coefficient (Wildman–Crippen LogP) is 1.57. The molecule has 0 bridgehead atoms. The van der Waals surface area contributed by atoms with Gasteiger partial charge in [-0.25, -0.2) is 4.99 Å². The Balaban J connectivity index is 2.33. The number of hydrazone groups is 1. The van der Waals surface area contributed by atoms with Gasteiger partial charge in [0.05, 0.1) is 16.7 Å². The Morgan fingerprint density at radius 2 is 2.00 bits per heavy atom. The van der Waals surface area contributed by atoms with Crippen LogP contribution in [0.2, 0.25) is 0 Å². The van der Waals surface area contributed by atoms with Gasteiger partial charge in [-0.1, -0.05) is 24.3 Å². The van der Waals surface area contributed by atoms with Crippen LogP contribution in [0.1, 0.15) is 0 Å². The van der Waals surface area contributed by atoms with E-state index in [2.05, 4.69) is 57.9 Å². The van der Waals surface area contributed by atoms with Gasteiger partial charge in [0, 0.05) is 29.2 Å². The Bertz CT molecular complexity index is 862. The summed E-state index contributed by atoms with van der Waals surface area (Å²) >= 11 is 0. The van der Waals surface area contributed by atoms with Gasteiger partial charge < -0.3 is 4.90 Å². The average molecular weight is 248 g/mol. The fourth-order valence-electron chi connectivity index (χ4n) is 2.74. The molecule has 2 aromatic carbocycles. The van der Waals surface area contributed by atoms with Crippen LogP contribution in [0.3, 0.4) is 0 Å². The zero-order valence-corrected chi connectivity index (χ0v) is 10.5. The van der Waals surface area contributed by atoms with E-state index in [9.17, 15) is 0 Å². The van der Waals surface area contributed by atoms with Crippen molar-refractivity contribution in [1.82, 2.24) is 0 Å². The maximum absolute atomic E-state index is 4.44. The molecule has 0 amide bonds. The van der Waals surface area contributed by atoms with Crippen LogP contribution >= 0.6 is 0 Å². The minimum atomic E-state index is 0.958. The van der Waals surface area contributed by atoms with E-state index in [0.29, 0.717) is 0 Å². The summed E-state index contributed by atoms with van der Waals surface area (Å²) in [5.74, 6) is 0. The highest BCUT2D eigenvalue weighted by molar-refractivity contribution is 6.03. The number of fused-ring (bicyclic) bond motifs is 6. The quantitative estimate of drug-likeness (QED) is 0.768. The lowest BCUT2D eigenvalue weighted by molar-refractivity contribution is 1.16. The molecule has 0 aliphatic carbocycles. The van der Waals surface area contributed by atoms with Crippen molar-refractivity contribution in [3.63, 3.8) is 0 Å². The summed E-state index contributed by atoms with van der Waals surface area (Å²) < 4.78 is 0. The molecule has 2 aliphatic rings. The molecule has 19 heavy (non-hydrogen) atoms. The van der Waals surface area contributed by atoms with Crippen molar-refractivity contribution in [3.8, 4) is 0 Å². The van der Waals surface area contributed by atoms with Crippen molar-refractivity contribution in [3.05, 3.63) is 47.1 Å². The Labute approximate surface area is 110 Å². The molecule has 2 aliphatic heterocycles. The van der Waals surface area contributed by atoms with Crippen LogP contribution in [0.25, 0.3) is 16.8 Å². The molecule has 1 N–H and O–H groups in total. The molecule has 2 aromatic rings. The number of anilines is 2. The number of hydrogen-bond acceptors (Lipinski definition) is 4. The maximum atomic E-state index is 4.44. The van der Waals surface area contributed by atoms with Crippen LogP contribution in [0.5, 0.6) is 0 Å². The SMILES string of the molecule is CN1C=CC=c2c1c1ccccc1c1c2=NC=NN1. The lowest BCUT2D eigenvalue weighted by Crippen LogP contribution is -2.36. The van der Waals surface area contributed by atoms with Crippen molar-refractivity contribution in [2.75, 3.05) is 17.4 Å². The van der Waals surface area contributed by atoms with Gasteiger partial charge in [0.2, 0.25) is 0 Å². The third kappa shape index (κ3) is 1.34. The summed E-state index contributed by atoms with van der Waals surface area (Å²) in [5, 5.41) is 8.50. The summed E-state index contributed by atoms with van der Waals surface area (Å²) in [6.07, 6.45) is 7.76. The summed E-state index contributed by atoms with van der Waals surface area (Å²) in [7, 11) is 2.06. The molecule has 2 heterocycles. The molecule has 0 unspecified atom stereocenters. The van der Waals surface area contributed by atoms with E-state index in [1.165, 1.54) is 11.1 Å². The number of rotatable bonds is 0. The van der Waals surface area contributed by atoms with Gasteiger partial charge >= 0.3 is 0 Å². The second kappa shape index (κ2) is 3.68. The van der Waals surface area contributed by atoms with Crippen LogP contribution < -0.4 is 20.9 Å². The van der Waals surface area contributed by atoms with Crippen LogP contribution in [-0.4, -0.2) is 13.4 Å². The first-order chi connectivity index (χ1) is 9.36. The first kappa shape index (κ1) is 10.3. The van der Waals surface area contributed by atoms with E-state index in [-0.39, 0.29) is 0 Å². The van der Waals surface area contributed by atoms with Crippen LogP contribution in [0, 0.1) is 0 Å². The van der Waals surface area contributed by atoms with E-state index >= 15 is 0 Å². The van der Waals surface area contributed by atoms with Crippen molar-refractivity contribution in [2.45, 2.75) is 0 Å². The molecule has 0 radical (unpaired) electrons. The van der Waals surface area contributed by atoms with Gasteiger partial charge in [0.1, 0.15) is 6.34 Å². The molecule has 0 saturated carbocycles. The molecule has 0 aromatic heterocycles. The highest BCUT2D eigenvalue weighted by Crippen LogP contribution is 2.28. The zero-order valence-electron chi connectivity index (χ0n) is 10.5. The number of nitrogens with one attached hydrogen (secondary N) is 1. The fraction of sp³-hybridized carbons (Fsp3) is 0.0667. The summed E-state index contributed by atoms with van der Waals surface area (Å²) in [4.78, 5) is 6.58. The van der Waals surface area contributed by atoms with E-state index < -0.39 is 0 Å². The van der Waals surface area contributed by atoms with Crippen molar-refractivity contribution in [1.29, 1.82) is 0 Å². The lowest BCUT2D eigenvalue weighted by Gasteiger charge is -2.22. The molecule has 0 atom stereocenters.